The number of esters is 1. The summed E-state index contributed by atoms with van der Waals surface area (Å²) in [6, 6.07) is 15.7. The van der Waals surface area contributed by atoms with Crippen molar-refractivity contribution in [1.82, 2.24) is 0 Å². The predicted molar refractivity (Wildman–Crippen MR) is 101 cm³/mol. The maximum atomic E-state index is 11.8. The molecule has 0 aromatic heterocycles. The molecule has 1 unspecified atom stereocenters. The molecule has 0 aliphatic rings. The van der Waals surface area contributed by atoms with Gasteiger partial charge in [0.2, 0.25) is 0 Å². The van der Waals surface area contributed by atoms with E-state index in [1.165, 1.54) is 11.6 Å². The SMILES string of the molecule is Cc1ccc(O)c(C=CC(=O)OCCC(C)CCc2ccccc2)c1. The molecule has 0 amide bonds. The van der Waals surface area contributed by atoms with Gasteiger partial charge < -0.3 is 9.84 Å². The van der Waals surface area contributed by atoms with Crippen LogP contribution in [0.1, 0.15) is 36.5 Å². The summed E-state index contributed by atoms with van der Waals surface area (Å²) >= 11 is 0. The Hall–Kier alpha value is -2.55. The number of benzene rings is 2. The molecule has 0 spiro atoms. The molecular weight excluding hydrogens is 312 g/mol. The second-order valence-corrected chi connectivity index (χ2v) is 6.48. The lowest BCUT2D eigenvalue weighted by atomic mass is 9.99. The summed E-state index contributed by atoms with van der Waals surface area (Å²) in [5, 5.41) is 9.75. The van der Waals surface area contributed by atoms with E-state index in [2.05, 4.69) is 31.2 Å². The fraction of sp³-hybridized carbons (Fsp3) is 0.318. The lowest BCUT2D eigenvalue weighted by Crippen LogP contribution is -2.07. The van der Waals surface area contributed by atoms with Crippen LogP contribution in [0.25, 0.3) is 6.08 Å². The standard InChI is InChI=1S/C22H26O3/c1-17(8-10-19-6-4-3-5-7-19)14-15-25-22(24)13-11-20-16-18(2)9-12-21(20)23/h3-7,9,11-13,16-17,23H,8,10,14-15H2,1-2H3. The molecule has 1 atom stereocenters. The maximum absolute atomic E-state index is 11.8. The summed E-state index contributed by atoms with van der Waals surface area (Å²) in [6.45, 7) is 4.53. The van der Waals surface area contributed by atoms with Crippen LogP contribution >= 0.6 is 0 Å². The number of ether oxygens (including phenoxy) is 1. The van der Waals surface area contributed by atoms with Crippen LogP contribution in [0.2, 0.25) is 0 Å². The molecule has 2 rings (SSSR count). The van der Waals surface area contributed by atoms with Crippen molar-refractivity contribution in [1.29, 1.82) is 0 Å². The summed E-state index contributed by atoms with van der Waals surface area (Å²) in [6.07, 6.45) is 5.92. The zero-order valence-corrected chi connectivity index (χ0v) is 14.9. The zero-order chi connectivity index (χ0) is 18.1. The zero-order valence-electron chi connectivity index (χ0n) is 14.9. The Labute approximate surface area is 150 Å². The molecule has 0 radical (unpaired) electrons. The fourth-order valence-electron chi connectivity index (χ4n) is 2.58. The molecular formula is C22H26O3. The van der Waals surface area contributed by atoms with Crippen molar-refractivity contribution >= 4 is 12.0 Å². The number of hydrogen-bond donors (Lipinski definition) is 1. The second kappa shape index (κ2) is 9.67. The van der Waals surface area contributed by atoms with Crippen LogP contribution in [0.5, 0.6) is 5.75 Å². The molecule has 3 heteroatoms. The highest BCUT2D eigenvalue weighted by molar-refractivity contribution is 5.87. The first kappa shape index (κ1) is 18.8. The first-order valence-corrected chi connectivity index (χ1v) is 8.73. The van der Waals surface area contributed by atoms with Crippen molar-refractivity contribution in [2.24, 2.45) is 5.92 Å². The number of phenolic OH excluding ortho intramolecular Hbond substituents is 1. The monoisotopic (exact) mass is 338 g/mol. The minimum absolute atomic E-state index is 0.157. The van der Waals surface area contributed by atoms with E-state index < -0.39 is 0 Å². The van der Waals surface area contributed by atoms with E-state index in [0.29, 0.717) is 18.1 Å². The molecule has 0 fully saturated rings. The fourth-order valence-corrected chi connectivity index (χ4v) is 2.58. The highest BCUT2D eigenvalue weighted by atomic mass is 16.5. The number of aromatic hydroxyl groups is 1. The van der Waals surface area contributed by atoms with Gasteiger partial charge in [-0.05, 0) is 55.9 Å². The van der Waals surface area contributed by atoms with Crippen molar-refractivity contribution in [3.63, 3.8) is 0 Å². The minimum atomic E-state index is -0.379. The lowest BCUT2D eigenvalue weighted by molar-refractivity contribution is -0.138. The molecule has 2 aromatic carbocycles. The van der Waals surface area contributed by atoms with Gasteiger partial charge in [-0.1, -0.05) is 48.9 Å². The van der Waals surface area contributed by atoms with Crippen LogP contribution in [0.4, 0.5) is 0 Å². The molecule has 1 N–H and O–H groups in total. The number of hydrogen-bond acceptors (Lipinski definition) is 3. The first-order chi connectivity index (χ1) is 12.0. The molecule has 0 aliphatic heterocycles. The van der Waals surface area contributed by atoms with E-state index in [1.54, 1.807) is 12.1 Å². The summed E-state index contributed by atoms with van der Waals surface area (Å²) in [5.74, 6) is 0.276. The van der Waals surface area contributed by atoms with Crippen molar-refractivity contribution in [2.75, 3.05) is 6.61 Å². The van der Waals surface area contributed by atoms with Gasteiger partial charge in [-0.3, -0.25) is 0 Å². The molecule has 0 aliphatic carbocycles. The molecule has 0 saturated carbocycles. The van der Waals surface area contributed by atoms with E-state index in [1.807, 2.05) is 25.1 Å². The van der Waals surface area contributed by atoms with Gasteiger partial charge in [0, 0.05) is 11.6 Å². The van der Waals surface area contributed by atoms with E-state index in [4.69, 9.17) is 4.74 Å². The van der Waals surface area contributed by atoms with Crippen molar-refractivity contribution in [2.45, 2.75) is 33.1 Å². The molecule has 0 heterocycles. The number of aryl methyl sites for hydroxylation is 2. The largest absolute Gasteiger partial charge is 0.507 e. The number of carbonyl (C=O) groups excluding carboxylic acids is 1. The Morgan fingerprint density at radius 1 is 1.16 bits per heavy atom. The van der Waals surface area contributed by atoms with Gasteiger partial charge >= 0.3 is 5.97 Å². The second-order valence-electron chi connectivity index (χ2n) is 6.48. The average Bonchev–Trinajstić information content (AvgIpc) is 2.61. The minimum Gasteiger partial charge on any atom is -0.507 e. The Kier molecular flexibility index (Phi) is 7.27. The number of phenols is 1. The highest BCUT2D eigenvalue weighted by Gasteiger charge is 2.05. The normalized spacial score (nSPS) is 12.2. The lowest BCUT2D eigenvalue weighted by Gasteiger charge is -2.11. The van der Waals surface area contributed by atoms with Crippen LogP contribution in [0.15, 0.2) is 54.6 Å². The third-order valence-corrected chi connectivity index (χ3v) is 4.21. The molecule has 3 nitrogen and oxygen atoms in total. The third kappa shape index (κ3) is 6.84. The van der Waals surface area contributed by atoms with Crippen LogP contribution < -0.4 is 0 Å². The van der Waals surface area contributed by atoms with E-state index >= 15 is 0 Å². The maximum Gasteiger partial charge on any atom is 0.330 e. The van der Waals surface area contributed by atoms with Crippen LogP contribution in [-0.4, -0.2) is 17.7 Å². The highest BCUT2D eigenvalue weighted by Crippen LogP contribution is 2.19. The van der Waals surface area contributed by atoms with Gasteiger partial charge in [-0.25, -0.2) is 4.79 Å². The molecule has 25 heavy (non-hydrogen) atoms. The number of carbonyl (C=O) groups is 1. The Morgan fingerprint density at radius 2 is 1.92 bits per heavy atom. The quantitative estimate of drug-likeness (QED) is 0.549. The van der Waals surface area contributed by atoms with E-state index in [-0.39, 0.29) is 11.7 Å². The van der Waals surface area contributed by atoms with Gasteiger partial charge in [-0.2, -0.15) is 0 Å². The van der Waals surface area contributed by atoms with E-state index in [9.17, 15) is 9.90 Å². The first-order valence-electron chi connectivity index (χ1n) is 8.73. The van der Waals surface area contributed by atoms with Crippen molar-refractivity contribution in [3.05, 3.63) is 71.3 Å². The summed E-state index contributed by atoms with van der Waals surface area (Å²) in [7, 11) is 0. The topological polar surface area (TPSA) is 46.5 Å². The Morgan fingerprint density at radius 3 is 2.68 bits per heavy atom. The van der Waals surface area contributed by atoms with Gasteiger partial charge in [-0.15, -0.1) is 0 Å². The average molecular weight is 338 g/mol. The third-order valence-electron chi connectivity index (χ3n) is 4.21. The molecule has 0 bridgehead atoms. The predicted octanol–water partition coefficient (Wildman–Crippen LogP) is 4.92. The molecule has 0 saturated heterocycles. The number of rotatable bonds is 8. The smallest absolute Gasteiger partial charge is 0.330 e. The summed E-state index contributed by atoms with van der Waals surface area (Å²) in [4.78, 5) is 11.8. The van der Waals surface area contributed by atoms with E-state index in [0.717, 1.165) is 24.8 Å². The van der Waals surface area contributed by atoms with Gasteiger partial charge in [0.15, 0.2) is 0 Å². The van der Waals surface area contributed by atoms with Gasteiger partial charge in [0.1, 0.15) is 5.75 Å². The Bertz CT molecular complexity index is 704. The molecule has 132 valence electrons. The van der Waals surface area contributed by atoms with Gasteiger partial charge in [0.05, 0.1) is 6.61 Å². The molecule has 2 aromatic rings. The van der Waals surface area contributed by atoms with Crippen molar-refractivity contribution < 1.29 is 14.6 Å². The van der Waals surface area contributed by atoms with Crippen molar-refractivity contribution in [3.8, 4) is 5.75 Å². The van der Waals surface area contributed by atoms with Gasteiger partial charge in [0.25, 0.3) is 0 Å². The van der Waals surface area contributed by atoms with Crippen LogP contribution in [0.3, 0.4) is 0 Å². The van der Waals surface area contributed by atoms with Crippen LogP contribution in [-0.2, 0) is 16.0 Å². The summed E-state index contributed by atoms with van der Waals surface area (Å²) in [5.41, 5.74) is 2.98. The Balaban J connectivity index is 1.69. The summed E-state index contributed by atoms with van der Waals surface area (Å²) < 4.78 is 5.25. The van der Waals surface area contributed by atoms with Crippen LogP contribution in [0, 0.1) is 12.8 Å².